The van der Waals surface area contributed by atoms with Crippen molar-refractivity contribution < 1.29 is 4.74 Å². The van der Waals surface area contributed by atoms with Gasteiger partial charge in [-0.2, -0.15) is 0 Å². The molecule has 3 heterocycles. The number of hydrogen-bond donors (Lipinski definition) is 0. The fourth-order valence-electron chi connectivity index (χ4n) is 8.54. The normalized spacial score (nSPS) is 14.8. The van der Waals surface area contributed by atoms with Crippen LogP contribution in [-0.2, 0) is 10.8 Å². The molecule has 0 unspecified atom stereocenters. The Morgan fingerprint density at radius 1 is 0.449 bits per heavy atom. The summed E-state index contributed by atoms with van der Waals surface area (Å²) in [5.41, 5.74) is 13.1. The van der Waals surface area contributed by atoms with Crippen molar-refractivity contribution >= 4 is 21.8 Å². The molecule has 10 rings (SSSR count). The summed E-state index contributed by atoms with van der Waals surface area (Å²) >= 11 is 0. The molecule has 0 amide bonds. The van der Waals surface area contributed by atoms with Gasteiger partial charge < -0.3 is 4.74 Å². The van der Waals surface area contributed by atoms with Crippen LogP contribution in [0.15, 0.2) is 158 Å². The third-order valence-electron chi connectivity index (χ3n) is 10.8. The van der Waals surface area contributed by atoms with E-state index in [1.165, 1.54) is 38.9 Å². The van der Waals surface area contributed by atoms with Crippen LogP contribution in [0.5, 0.6) is 11.5 Å². The molecule has 0 saturated heterocycles. The molecule has 0 radical (unpaired) electrons. The van der Waals surface area contributed by atoms with E-state index >= 15 is 0 Å². The summed E-state index contributed by atoms with van der Waals surface area (Å²) in [6.07, 6.45) is 1.84. The van der Waals surface area contributed by atoms with Crippen LogP contribution in [0.3, 0.4) is 0 Å². The predicted octanol–water partition coefficient (Wildman–Crippen LogP) is 11.2. The first-order valence-electron chi connectivity index (χ1n) is 16.9. The molecule has 0 atom stereocenters. The Hall–Kier alpha value is -6.06. The Bertz CT molecular complexity index is 2590. The molecule has 0 N–H and O–H groups in total. The highest BCUT2D eigenvalue weighted by molar-refractivity contribution is 6.03. The number of aromatic nitrogens is 2. The molecule has 1 spiro atoms. The van der Waals surface area contributed by atoms with Crippen molar-refractivity contribution in [1.29, 1.82) is 0 Å². The van der Waals surface area contributed by atoms with Crippen LogP contribution in [0.2, 0.25) is 0 Å². The van der Waals surface area contributed by atoms with Crippen molar-refractivity contribution in [2.24, 2.45) is 0 Å². The summed E-state index contributed by atoms with van der Waals surface area (Å²) in [6, 6.07) is 54.6. The largest absolute Gasteiger partial charge is 0.457 e. The van der Waals surface area contributed by atoms with E-state index in [1.807, 2.05) is 12.3 Å². The zero-order chi connectivity index (χ0) is 32.7. The summed E-state index contributed by atoms with van der Waals surface area (Å²) in [7, 11) is 0. The molecular formula is C46H32N2O. The summed E-state index contributed by atoms with van der Waals surface area (Å²) < 4.78 is 6.61. The molecule has 8 aromatic rings. The molecular weight excluding hydrogens is 597 g/mol. The van der Waals surface area contributed by atoms with E-state index < -0.39 is 5.41 Å². The van der Waals surface area contributed by atoms with Gasteiger partial charge in [-0.25, -0.2) is 4.98 Å². The van der Waals surface area contributed by atoms with Crippen LogP contribution in [0.25, 0.3) is 44.2 Å². The third kappa shape index (κ3) is 3.90. The van der Waals surface area contributed by atoms with Crippen LogP contribution >= 0.6 is 0 Å². The maximum absolute atomic E-state index is 6.61. The highest BCUT2D eigenvalue weighted by Gasteiger charge is 2.52. The van der Waals surface area contributed by atoms with Gasteiger partial charge in [-0.15, -0.1) is 0 Å². The smallest absolute Gasteiger partial charge is 0.132 e. The fraction of sp³-hybridized carbons (Fsp3) is 0.0870. The zero-order valence-corrected chi connectivity index (χ0v) is 27.3. The van der Waals surface area contributed by atoms with Gasteiger partial charge in [0.2, 0.25) is 0 Å². The lowest BCUT2D eigenvalue weighted by molar-refractivity contribution is 0.425. The van der Waals surface area contributed by atoms with Crippen molar-refractivity contribution in [2.45, 2.75) is 24.7 Å². The SMILES string of the molecule is CC1(C)c2ccccc2C2(c3ccccc3Oc3ccccc32)c2cc(-c3cccc(-c4ccc5ccc6cccnc6c5n4)c3)ccc21. The lowest BCUT2D eigenvalue weighted by Gasteiger charge is -2.50. The number of benzene rings is 6. The molecule has 0 saturated carbocycles. The molecule has 1 aliphatic heterocycles. The van der Waals surface area contributed by atoms with E-state index in [0.29, 0.717) is 0 Å². The zero-order valence-electron chi connectivity index (χ0n) is 27.3. The number of pyridine rings is 2. The van der Waals surface area contributed by atoms with E-state index in [2.05, 4.69) is 164 Å². The summed E-state index contributed by atoms with van der Waals surface area (Å²) in [4.78, 5) is 9.84. The molecule has 3 heteroatoms. The van der Waals surface area contributed by atoms with Gasteiger partial charge in [0.15, 0.2) is 0 Å². The van der Waals surface area contributed by atoms with Gasteiger partial charge in [-0.1, -0.05) is 129 Å². The Morgan fingerprint density at radius 3 is 1.84 bits per heavy atom. The minimum Gasteiger partial charge on any atom is -0.457 e. The standard InChI is InChI=1S/C46H32N2O/c1-45(2)34-14-3-4-15-36(34)46(37-16-5-7-18-41(37)49-42-19-8-6-17-38(42)46)39-28-32(22-24-35(39)45)31-11-9-12-33(27-31)40-25-23-30-21-20-29-13-10-26-47-43(29)44(30)48-40/h3-28H,1-2H3. The van der Waals surface area contributed by atoms with Gasteiger partial charge in [0.05, 0.1) is 22.1 Å². The quantitative estimate of drug-likeness (QED) is 0.179. The van der Waals surface area contributed by atoms with Crippen molar-refractivity contribution in [3.8, 4) is 33.9 Å². The van der Waals surface area contributed by atoms with Gasteiger partial charge in [0.25, 0.3) is 0 Å². The van der Waals surface area contributed by atoms with Crippen LogP contribution in [-0.4, -0.2) is 9.97 Å². The Balaban J connectivity index is 1.21. The minimum absolute atomic E-state index is 0.203. The topological polar surface area (TPSA) is 35.0 Å². The molecule has 232 valence electrons. The maximum Gasteiger partial charge on any atom is 0.132 e. The first kappa shape index (κ1) is 28.0. The summed E-state index contributed by atoms with van der Waals surface area (Å²) in [5, 5.41) is 2.18. The lowest BCUT2D eigenvalue weighted by Crippen LogP contribution is -2.43. The Labute approximate surface area is 285 Å². The third-order valence-corrected chi connectivity index (χ3v) is 10.8. The van der Waals surface area contributed by atoms with E-state index in [1.54, 1.807) is 0 Å². The van der Waals surface area contributed by atoms with Crippen LogP contribution in [0.4, 0.5) is 0 Å². The van der Waals surface area contributed by atoms with Gasteiger partial charge in [0, 0.05) is 39.1 Å². The van der Waals surface area contributed by atoms with E-state index in [4.69, 9.17) is 9.72 Å². The first-order chi connectivity index (χ1) is 24.0. The van der Waals surface area contributed by atoms with Crippen molar-refractivity contribution in [1.82, 2.24) is 9.97 Å². The monoisotopic (exact) mass is 628 g/mol. The Kier molecular flexibility index (Phi) is 5.84. The minimum atomic E-state index is -0.547. The number of para-hydroxylation sites is 2. The second kappa shape index (κ2) is 10.2. The van der Waals surface area contributed by atoms with Crippen LogP contribution < -0.4 is 4.74 Å². The number of nitrogens with zero attached hydrogens (tertiary/aromatic N) is 2. The molecule has 0 fully saturated rings. The predicted molar refractivity (Wildman–Crippen MR) is 198 cm³/mol. The van der Waals surface area contributed by atoms with Gasteiger partial charge in [-0.05, 0) is 69.8 Å². The van der Waals surface area contributed by atoms with Crippen LogP contribution in [0.1, 0.15) is 47.2 Å². The average molecular weight is 629 g/mol. The number of fused-ring (bicyclic) bond motifs is 11. The van der Waals surface area contributed by atoms with E-state index in [9.17, 15) is 0 Å². The highest BCUT2D eigenvalue weighted by atomic mass is 16.5. The van der Waals surface area contributed by atoms with Crippen LogP contribution in [0, 0.1) is 0 Å². The highest BCUT2D eigenvalue weighted by Crippen LogP contribution is 2.61. The van der Waals surface area contributed by atoms with Gasteiger partial charge >= 0.3 is 0 Å². The summed E-state index contributed by atoms with van der Waals surface area (Å²) in [6.45, 7) is 4.72. The molecule has 3 nitrogen and oxygen atoms in total. The molecule has 2 aromatic heterocycles. The molecule has 2 aliphatic rings. The molecule has 49 heavy (non-hydrogen) atoms. The maximum atomic E-state index is 6.61. The second-order valence-electron chi connectivity index (χ2n) is 13.8. The number of hydrogen-bond acceptors (Lipinski definition) is 3. The number of ether oxygens (including phenoxy) is 1. The number of rotatable bonds is 2. The molecule has 1 aliphatic carbocycles. The average Bonchev–Trinajstić information content (AvgIpc) is 3.16. The fourth-order valence-corrected chi connectivity index (χ4v) is 8.54. The molecule has 6 aromatic carbocycles. The van der Waals surface area contributed by atoms with Gasteiger partial charge in [-0.3, -0.25) is 4.98 Å². The van der Waals surface area contributed by atoms with Crippen molar-refractivity contribution in [2.75, 3.05) is 0 Å². The molecule has 0 bridgehead atoms. The van der Waals surface area contributed by atoms with Crippen molar-refractivity contribution in [3.05, 3.63) is 191 Å². The second-order valence-corrected chi connectivity index (χ2v) is 13.8. The van der Waals surface area contributed by atoms with E-state index in [-0.39, 0.29) is 5.41 Å². The van der Waals surface area contributed by atoms with Gasteiger partial charge in [0.1, 0.15) is 11.5 Å². The van der Waals surface area contributed by atoms with E-state index in [0.717, 1.165) is 50.1 Å². The lowest BCUT2D eigenvalue weighted by atomic mass is 9.53. The first-order valence-corrected chi connectivity index (χ1v) is 16.9. The Morgan fingerprint density at radius 2 is 1.06 bits per heavy atom. The summed E-state index contributed by atoms with van der Waals surface area (Å²) in [5.74, 6) is 1.80. The van der Waals surface area contributed by atoms with Crippen molar-refractivity contribution in [3.63, 3.8) is 0 Å².